The SMILES string of the molecule is COc1ccc([C@@H]2c3c(-c4c(C)cc(C)cc4O)n[nH]c3C(=O)N2Cc2ccco2)cc1OC. The zero-order valence-electron chi connectivity index (χ0n) is 19.4. The number of fused-ring (bicyclic) bond motifs is 1. The summed E-state index contributed by atoms with van der Waals surface area (Å²) in [6.45, 7) is 4.12. The predicted octanol–water partition coefficient (Wildman–Crippen LogP) is 4.75. The molecule has 0 fully saturated rings. The zero-order valence-corrected chi connectivity index (χ0v) is 19.4. The topological polar surface area (TPSA) is 101 Å². The number of hydrogen-bond acceptors (Lipinski definition) is 6. The smallest absolute Gasteiger partial charge is 0.273 e. The molecular weight excluding hydrogens is 434 g/mol. The number of rotatable bonds is 6. The number of carbonyl (C=O) groups is 1. The fourth-order valence-electron chi connectivity index (χ4n) is 4.74. The molecule has 3 heterocycles. The first kappa shape index (κ1) is 21.6. The maximum Gasteiger partial charge on any atom is 0.273 e. The number of methoxy groups -OCH3 is 2. The number of benzene rings is 2. The molecule has 2 aromatic heterocycles. The van der Waals surface area contributed by atoms with Crippen LogP contribution in [0.25, 0.3) is 11.3 Å². The molecule has 1 aliphatic rings. The van der Waals surface area contributed by atoms with Crippen molar-refractivity contribution < 1.29 is 23.8 Å². The summed E-state index contributed by atoms with van der Waals surface area (Å²) in [4.78, 5) is 15.3. The van der Waals surface area contributed by atoms with Gasteiger partial charge in [-0.15, -0.1) is 0 Å². The van der Waals surface area contributed by atoms with Crippen molar-refractivity contribution in [3.63, 3.8) is 0 Å². The van der Waals surface area contributed by atoms with Crippen LogP contribution in [0.4, 0.5) is 0 Å². The average molecular weight is 460 g/mol. The summed E-state index contributed by atoms with van der Waals surface area (Å²) in [5.41, 5.74) is 4.86. The highest BCUT2D eigenvalue weighted by Gasteiger charge is 2.43. The lowest BCUT2D eigenvalue weighted by molar-refractivity contribution is 0.0717. The van der Waals surface area contributed by atoms with Crippen molar-refractivity contribution >= 4 is 5.91 Å². The van der Waals surface area contributed by atoms with E-state index in [4.69, 9.17) is 13.9 Å². The summed E-state index contributed by atoms with van der Waals surface area (Å²) in [6.07, 6.45) is 1.58. The highest BCUT2D eigenvalue weighted by molar-refractivity contribution is 6.00. The number of amides is 1. The van der Waals surface area contributed by atoms with Gasteiger partial charge in [0.1, 0.15) is 22.9 Å². The van der Waals surface area contributed by atoms with Gasteiger partial charge in [-0.2, -0.15) is 5.10 Å². The van der Waals surface area contributed by atoms with Gasteiger partial charge in [-0.05, 0) is 60.9 Å². The van der Waals surface area contributed by atoms with Crippen molar-refractivity contribution in [1.29, 1.82) is 0 Å². The fourth-order valence-corrected chi connectivity index (χ4v) is 4.74. The summed E-state index contributed by atoms with van der Waals surface area (Å²) < 4.78 is 16.5. The van der Waals surface area contributed by atoms with Gasteiger partial charge in [-0.25, -0.2) is 0 Å². The van der Waals surface area contributed by atoms with E-state index in [-0.39, 0.29) is 18.2 Å². The van der Waals surface area contributed by atoms with Gasteiger partial charge in [0.2, 0.25) is 0 Å². The number of nitrogens with zero attached hydrogens (tertiary/aromatic N) is 2. The second-order valence-electron chi connectivity index (χ2n) is 8.37. The molecule has 0 saturated carbocycles. The number of aromatic amines is 1. The predicted molar refractivity (Wildman–Crippen MR) is 125 cm³/mol. The summed E-state index contributed by atoms with van der Waals surface area (Å²) >= 11 is 0. The van der Waals surface area contributed by atoms with Crippen molar-refractivity contribution in [2.75, 3.05) is 14.2 Å². The monoisotopic (exact) mass is 459 g/mol. The molecule has 0 radical (unpaired) electrons. The van der Waals surface area contributed by atoms with Crippen LogP contribution in [0, 0.1) is 13.8 Å². The van der Waals surface area contributed by atoms with E-state index in [1.807, 2.05) is 44.2 Å². The maximum absolute atomic E-state index is 13.5. The molecule has 0 aliphatic carbocycles. The number of phenols is 1. The Labute approximate surface area is 196 Å². The Kier molecular flexibility index (Phi) is 5.28. The maximum atomic E-state index is 13.5. The molecule has 0 unspecified atom stereocenters. The minimum absolute atomic E-state index is 0.120. The van der Waals surface area contributed by atoms with Gasteiger partial charge < -0.3 is 23.9 Å². The normalized spacial score (nSPS) is 15.0. The lowest BCUT2D eigenvalue weighted by Gasteiger charge is -2.26. The molecule has 1 atom stereocenters. The molecule has 0 spiro atoms. The molecule has 5 rings (SSSR count). The molecule has 0 saturated heterocycles. The van der Waals surface area contributed by atoms with Gasteiger partial charge in [-0.3, -0.25) is 9.89 Å². The highest BCUT2D eigenvalue weighted by Crippen LogP contribution is 2.47. The van der Waals surface area contributed by atoms with E-state index in [1.165, 1.54) is 0 Å². The van der Waals surface area contributed by atoms with Crippen molar-refractivity contribution in [2.45, 2.75) is 26.4 Å². The highest BCUT2D eigenvalue weighted by atomic mass is 16.5. The summed E-state index contributed by atoms with van der Waals surface area (Å²) in [7, 11) is 3.15. The minimum Gasteiger partial charge on any atom is -0.507 e. The third-order valence-electron chi connectivity index (χ3n) is 6.19. The van der Waals surface area contributed by atoms with E-state index in [9.17, 15) is 9.90 Å². The van der Waals surface area contributed by atoms with Gasteiger partial charge in [0, 0.05) is 11.1 Å². The quantitative estimate of drug-likeness (QED) is 0.431. The largest absolute Gasteiger partial charge is 0.507 e. The van der Waals surface area contributed by atoms with Gasteiger partial charge in [-0.1, -0.05) is 12.1 Å². The van der Waals surface area contributed by atoms with Gasteiger partial charge in [0.15, 0.2) is 11.5 Å². The van der Waals surface area contributed by atoms with Gasteiger partial charge >= 0.3 is 0 Å². The molecule has 174 valence electrons. The van der Waals surface area contributed by atoms with Gasteiger partial charge in [0.05, 0.1) is 33.1 Å². The molecule has 1 amide bonds. The van der Waals surface area contributed by atoms with Crippen molar-refractivity contribution in [3.8, 4) is 28.5 Å². The van der Waals surface area contributed by atoms with Crippen LogP contribution in [0.5, 0.6) is 17.2 Å². The number of ether oxygens (including phenoxy) is 2. The Balaban J connectivity index is 1.71. The molecule has 34 heavy (non-hydrogen) atoms. The van der Waals surface area contributed by atoms with E-state index in [1.54, 1.807) is 37.5 Å². The van der Waals surface area contributed by atoms with Gasteiger partial charge in [0.25, 0.3) is 5.91 Å². The van der Waals surface area contributed by atoms with Crippen molar-refractivity contribution in [3.05, 3.63) is 82.4 Å². The Morgan fingerprint density at radius 3 is 2.59 bits per heavy atom. The summed E-state index contributed by atoms with van der Waals surface area (Å²) in [6, 6.07) is 12.4. The molecular formula is C26H25N3O5. The Bertz CT molecular complexity index is 1350. The standard InChI is InChI=1S/C26H25N3O5/c1-14-10-15(2)21(18(30)11-14)23-22-24(28-27-23)26(31)29(13-17-6-5-9-34-17)25(22)16-7-8-19(32-3)20(12-16)33-4/h5-12,25,30H,13H2,1-4H3,(H,27,28)/t25-/m1/s1. The van der Waals surface area contributed by atoms with Crippen LogP contribution in [-0.4, -0.2) is 40.3 Å². The molecule has 0 bridgehead atoms. The first-order valence-electron chi connectivity index (χ1n) is 10.9. The van der Waals surface area contributed by atoms with Crippen LogP contribution in [0.1, 0.15) is 44.5 Å². The lowest BCUT2D eigenvalue weighted by atomic mass is 9.93. The third kappa shape index (κ3) is 3.39. The Hall–Kier alpha value is -4.20. The van der Waals surface area contributed by atoms with E-state index in [0.29, 0.717) is 39.8 Å². The van der Waals surface area contributed by atoms with E-state index < -0.39 is 6.04 Å². The third-order valence-corrected chi connectivity index (χ3v) is 6.19. The van der Waals surface area contributed by atoms with Crippen LogP contribution in [0.15, 0.2) is 53.1 Å². The number of hydrogen-bond donors (Lipinski definition) is 2. The number of aromatic hydroxyl groups is 1. The molecule has 2 N–H and O–H groups in total. The van der Waals surface area contributed by atoms with E-state index in [0.717, 1.165) is 16.7 Å². The minimum atomic E-state index is -0.485. The molecule has 2 aromatic carbocycles. The van der Waals surface area contributed by atoms with Crippen LogP contribution >= 0.6 is 0 Å². The summed E-state index contributed by atoms with van der Waals surface area (Å²) in [5, 5.41) is 18.2. The number of aryl methyl sites for hydroxylation is 2. The second kappa shape index (κ2) is 8.30. The lowest BCUT2D eigenvalue weighted by Crippen LogP contribution is -2.29. The van der Waals surface area contributed by atoms with E-state index >= 15 is 0 Å². The number of H-pyrrole nitrogens is 1. The van der Waals surface area contributed by atoms with Crippen molar-refractivity contribution in [1.82, 2.24) is 15.1 Å². The van der Waals surface area contributed by atoms with Crippen molar-refractivity contribution in [2.24, 2.45) is 0 Å². The summed E-state index contributed by atoms with van der Waals surface area (Å²) in [5.74, 6) is 1.72. The Morgan fingerprint density at radius 2 is 1.91 bits per heavy atom. The Morgan fingerprint density at radius 1 is 1.12 bits per heavy atom. The van der Waals surface area contributed by atoms with Crippen LogP contribution in [0.2, 0.25) is 0 Å². The molecule has 8 heteroatoms. The molecule has 1 aliphatic heterocycles. The van der Waals surface area contributed by atoms with Crippen LogP contribution < -0.4 is 9.47 Å². The number of phenolic OH excluding ortho intramolecular Hbond substituents is 1. The second-order valence-corrected chi connectivity index (χ2v) is 8.37. The first-order valence-corrected chi connectivity index (χ1v) is 10.9. The molecule has 8 nitrogen and oxygen atoms in total. The molecule has 4 aromatic rings. The number of aromatic nitrogens is 2. The number of furan rings is 1. The number of nitrogens with one attached hydrogen (secondary N) is 1. The number of carbonyl (C=O) groups excluding carboxylic acids is 1. The van der Waals surface area contributed by atoms with Crippen LogP contribution in [-0.2, 0) is 6.54 Å². The van der Waals surface area contributed by atoms with E-state index in [2.05, 4.69) is 10.2 Å². The average Bonchev–Trinajstić information content (AvgIpc) is 3.53. The first-order chi connectivity index (χ1) is 16.4. The fraction of sp³-hybridized carbons (Fsp3) is 0.231. The zero-order chi connectivity index (χ0) is 24.0. The van der Waals surface area contributed by atoms with Crippen LogP contribution in [0.3, 0.4) is 0 Å².